The van der Waals surface area contributed by atoms with Gasteiger partial charge in [0.15, 0.2) is 0 Å². The standard InChI is InChI=1S/C21H17N3O5S.Na/c1-10(25)15-13-7-12(17(21(28)29)24(13)19(15)27)14-8-23-9-22-16(20(23)30-14)18(26)11-5-3-2-4-6-11;/h2-6,8-10,13,15,25H,7H2,1H3,(H,28,29);/q;+1/p-1/t10-,13-,15-;/m1./s1. The van der Waals surface area contributed by atoms with Gasteiger partial charge < -0.3 is 19.9 Å². The van der Waals surface area contributed by atoms with Crippen LogP contribution in [0, 0.1) is 5.92 Å². The van der Waals surface area contributed by atoms with E-state index in [9.17, 15) is 24.6 Å². The van der Waals surface area contributed by atoms with Crippen molar-refractivity contribution in [2.75, 3.05) is 0 Å². The van der Waals surface area contributed by atoms with E-state index in [4.69, 9.17) is 0 Å². The maximum absolute atomic E-state index is 12.8. The van der Waals surface area contributed by atoms with Crippen molar-refractivity contribution < 1.29 is 54.2 Å². The van der Waals surface area contributed by atoms with E-state index in [1.807, 2.05) is 6.07 Å². The van der Waals surface area contributed by atoms with Crippen LogP contribution in [0.2, 0.25) is 0 Å². The fourth-order valence-corrected chi connectivity index (χ4v) is 5.43. The van der Waals surface area contributed by atoms with Gasteiger partial charge in [0.05, 0.1) is 34.6 Å². The Morgan fingerprint density at radius 2 is 2.00 bits per heavy atom. The first-order valence-electron chi connectivity index (χ1n) is 9.40. The largest absolute Gasteiger partial charge is 1.00 e. The number of imidazole rings is 1. The number of fused-ring (bicyclic) bond motifs is 2. The Morgan fingerprint density at radius 1 is 1.29 bits per heavy atom. The third kappa shape index (κ3) is 3.28. The summed E-state index contributed by atoms with van der Waals surface area (Å²) in [6.07, 6.45) is 2.67. The van der Waals surface area contributed by atoms with Gasteiger partial charge in [0.1, 0.15) is 16.9 Å². The van der Waals surface area contributed by atoms with Gasteiger partial charge in [-0.2, -0.15) is 0 Å². The molecule has 0 saturated carbocycles. The van der Waals surface area contributed by atoms with E-state index in [1.165, 1.54) is 29.5 Å². The molecule has 152 valence electrons. The second kappa shape index (κ2) is 7.99. The summed E-state index contributed by atoms with van der Waals surface area (Å²) in [6, 6.07) is 8.39. The fourth-order valence-electron chi connectivity index (χ4n) is 4.30. The summed E-state index contributed by atoms with van der Waals surface area (Å²) in [5.74, 6) is -2.68. The maximum atomic E-state index is 12.8. The SMILES string of the molecule is C[C@@H](O)[C@H]1C(=O)N2C(C(=O)[O-])=C(c3cn4cnc(C(=O)c5ccccc5)c4s3)C[C@H]12.[Na+]. The number of carbonyl (C=O) groups excluding carboxylic acids is 3. The van der Waals surface area contributed by atoms with Gasteiger partial charge in [0, 0.05) is 11.8 Å². The van der Waals surface area contributed by atoms with Crippen LogP contribution in [0.15, 0.2) is 48.6 Å². The number of benzene rings is 1. The van der Waals surface area contributed by atoms with E-state index in [0.717, 1.165) is 0 Å². The first kappa shape index (κ1) is 21.9. The summed E-state index contributed by atoms with van der Waals surface area (Å²) in [5.41, 5.74) is 1.11. The van der Waals surface area contributed by atoms with Crippen molar-refractivity contribution >= 4 is 39.4 Å². The number of rotatable bonds is 5. The van der Waals surface area contributed by atoms with Crippen molar-refractivity contribution in [3.63, 3.8) is 0 Å². The molecule has 0 spiro atoms. The Kier molecular flexibility index (Phi) is 5.65. The molecule has 3 aromatic rings. The molecule has 0 bridgehead atoms. The molecule has 1 fully saturated rings. The smallest absolute Gasteiger partial charge is 0.543 e. The summed E-state index contributed by atoms with van der Waals surface area (Å²) in [7, 11) is 0. The van der Waals surface area contributed by atoms with Crippen LogP contribution in [-0.4, -0.2) is 49.2 Å². The number of aromatic nitrogens is 2. The third-order valence-electron chi connectivity index (χ3n) is 5.68. The van der Waals surface area contributed by atoms with Crippen molar-refractivity contribution in [1.29, 1.82) is 0 Å². The van der Waals surface area contributed by atoms with Gasteiger partial charge in [0.2, 0.25) is 11.7 Å². The number of nitrogens with zero attached hydrogens (tertiary/aromatic N) is 3. The second-order valence-electron chi connectivity index (χ2n) is 7.46. The number of carboxylic acids is 1. The second-order valence-corrected chi connectivity index (χ2v) is 8.49. The average molecular weight is 445 g/mol. The molecule has 1 N–H and O–H groups in total. The van der Waals surface area contributed by atoms with Crippen LogP contribution >= 0.6 is 11.3 Å². The monoisotopic (exact) mass is 445 g/mol. The summed E-state index contributed by atoms with van der Waals surface area (Å²) >= 11 is 1.24. The molecule has 8 nitrogen and oxygen atoms in total. The molecule has 3 atom stereocenters. The summed E-state index contributed by atoms with van der Waals surface area (Å²) in [6.45, 7) is 1.53. The summed E-state index contributed by atoms with van der Waals surface area (Å²) < 4.78 is 1.68. The normalized spacial score (nSPS) is 21.0. The van der Waals surface area contributed by atoms with Crippen LogP contribution in [0.4, 0.5) is 0 Å². The number of β-lactam (4-membered cyclic amide) rings is 1. The number of amides is 1. The van der Waals surface area contributed by atoms with Crippen LogP contribution in [-0.2, 0) is 9.59 Å². The van der Waals surface area contributed by atoms with Gasteiger partial charge in [-0.3, -0.25) is 14.0 Å². The number of carboxylic acid groups (broad SMARTS) is 1. The van der Waals surface area contributed by atoms with Gasteiger partial charge in [0.25, 0.3) is 0 Å². The van der Waals surface area contributed by atoms with Crippen molar-refractivity contribution in [3.8, 4) is 0 Å². The fraction of sp³-hybridized carbons (Fsp3) is 0.238. The summed E-state index contributed by atoms with van der Waals surface area (Å²) in [4.78, 5) is 43.7. The molecule has 10 heteroatoms. The molecule has 1 amide bonds. The molecule has 2 aliphatic rings. The van der Waals surface area contributed by atoms with Crippen molar-refractivity contribution in [3.05, 3.63) is 64.7 Å². The van der Waals surface area contributed by atoms with Crippen LogP contribution in [0.5, 0.6) is 0 Å². The number of thiazole rings is 1. The molecule has 0 unspecified atom stereocenters. The Labute approximate surface area is 203 Å². The topological polar surface area (TPSA) is 115 Å². The number of aliphatic hydroxyl groups excluding tert-OH is 1. The van der Waals surface area contributed by atoms with Crippen LogP contribution in [0.3, 0.4) is 0 Å². The van der Waals surface area contributed by atoms with E-state index < -0.39 is 29.9 Å². The first-order chi connectivity index (χ1) is 14.4. The van der Waals surface area contributed by atoms with Crippen LogP contribution < -0.4 is 34.7 Å². The predicted octanol–water partition coefficient (Wildman–Crippen LogP) is -2.30. The van der Waals surface area contributed by atoms with Gasteiger partial charge in [-0.25, -0.2) is 4.98 Å². The van der Waals surface area contributed by atoms with E-state index >= 15 is 0 Å². The summed E-state index contributed by atoms with van der Waals surface area (Å²) in [5, 5.41) is 21.7. The quantitative estimate of drug-likeness (QED) is 0.269. The Bertz CT molecular complexity index is 1250. The van der Waals surface area contributed by atoms with Gasteiger partial charge >= 0.3 is 29.6 Å². The minimum atomic E-state index is -1.43. The van der Waals surface area contributed by atoms with Gasteiger partial charge in [-0.15, -0.1) is 11.3 Å². The van der Waals surface area contributed by atoms with E-state index in [2.05, 4.69) is 4.98 Å². The number of hydrogen-bond donors (Lipinski definition) is 1. The molecule has 1 aromatic carbocycles. The van der Waals surface area contributed by atoms with Crippen molar-refractivity contribution in [1.82, 2.24) is 14.3 Å². The Hall–Kier alpha value is -2.30. The average Bonchev–Trinajstić information content (AvgIpc) is 3.38. The molecule has 0 radical (unpaired) electrons. The first-order valence-corrected chi connectivity index (χ1v) is 10.2. The Morgan fingerprint density at radius 3 is 2.65 bits per heavy atom. The number of carbonyl (C=O) groups is 3. The molecule has 5 rings (SSSR count). The molecule has 31 heavy (non-hydrogen) atoms. The zero-order chi connectivity index (χ0) is 21.2. The zero-order valence-corrected chi connectivity index (χ0v) is 19.6. The molecule has 2 aliphatic heterocycles. The molecular formula is C21H16N3NaO5S. The number of aliphatic carboxylic acids is 1. The van der Waals surface area contributed by atoms with Crippen LogP contribution in [0.1, 0.15) is 34.3 Å². The number of aliphatic hydroxyl groups is 1. The minimum absolute atomic E-state index is 0. The molecule has 0 aliphatic carbocycles. The van der Waals surface area contributed by atoms with Gasteiger partial charge in [-0.05, 0) is 18.9 Å². The Balaban J connectivity index is 0.00000231. The van der Waals surface area contributed by atoms with Gasteiger partial charge in [-0.1, -0.05) is 30.3 Å². The minimum Gasteiger partial charge on any atom is -0.543 e. The van der Waals surface area contributed by atoms with E-state index in [1.54, 1.807) is 34.9 Å². The predicted molar refractivity (Wildman–Crippen MR) is 105 cm³/mol. The van der Waals surface area contributed by atoms with E-state index in [0.29, 0.717) is 27.3 Å². The molecule has 1 saturated heterocycles. The maximum Gasteiger partial charge on any atom is 1.00 e. The molecule has 4 heterocycles. The molecule has 2 aromatic heterocycles. The number of ketones is 1. The van der Waals surface area contributed by atoms with Crippen LogP contribution in [0.25, 0.3) is 10.4 Å². The van der Waals surface area contributed by atoms with Crippen molar-refractivity contribution in [2.24, 2.45) is 5.92 Å². The molecular weight excluding hydrogens is 429 g/mol. The van der Waals surface area contributed by atoms with Crippen molar-refractivity contribution in [2.45, 2.75) is 25.5 Å². The zero-order valence-electron chi connectivity index (χ0n) is 16.8. The third-order valence-corrected chi connectivity index (χ3v) is 6.85. The van der Waals surface area contributed by atoms with E-state index in [-0.39, 0.29) is 46.7 Å². The number of hydrogen-bond acceptors (Lipinski definition) is 7.